The first-order valence-electron chi connectivity index (χ1n) is 3.83. The van der Waals surface area contributed by atoms with E-state index in [-0.39, 0.29) is 0 Å². The summed E-state index contributed by atoms with van der Waals surface area (Å²) >= 11 is 6.45. The van der Waals surface area contributed by atoms with Crippen LogP contribution in [0, 0.1) is 24.2 Å². The van der Waals surface area contributed by atoms with Crippen molar-refractivity contribution < 1.29 is 0 Å². The highest BCUT2D eigenvalue weighted by Gasteiger charge is 1.91. The standard InChI is InChI=1S/C12H6Br2/c1-2-11(12(13)14)9-8-10-6-4-3-5-7-10/h1,3-7H. The minimum atomic E-state index is 0.605. The van der Waals surface area contributed by atoms with Crippen LogP contribution in [0.4, 0.5) is 0 Å². The fourth-order valence-corrected chi connectivity index (χ4v) is 1.22. The summed E-state index contributed by atoms with van der Waals surface area (Å²) in [6, 6.07) is 9.69. The SMILES string of the molecule is C#CC(C#Cc1ccccc1)=C(Br)Br. The van der Waals surface area contributed by atoms with Gasteiger partial charge in [0.25, 0.3) is 0 Å². The van der Waals surface area contributed by atoms with E-state index in [4.69, 9.17) is 6.42 Å². The zero-order valence-corrected chi connectivity index (χ0v) is 10.4. The third kappa shape index (κ3) is 3.42. The molecule has 0 aliphatic carbocycles. The summed E-state index contributed by atoms with van der Waals surface area (Å²) in [7, 11) is 0. The summed E-state index contributed by atoms with van der Waals surface area (Å²) in [5, 5.41) is 0. The van der Waals surface area contributed by atoms with Crippen molar-refractivity contribution in [3.05, 3.63) is 44.9 Å². The van der Waals surface area contributed by atoms with Gasteiger partial charge in [0.05, 0.1) is 8.96 Å². The van der Waals surface area contributed by atoms with Crippen molar-refractivity contribution >= 4 is 31.9 Å². The van der Waals surface area contributed by atoms with Crippen LogP contribution in [0.3, 0.4) is 0 Å². The number of benzene rings is 1. The summed E-state index contributed by atoms with van der Waals surface area (Å²) in [5.74, 6) is 8.34. The normalized spacial score (nSPS) is 8.07. The Labute approximate surface area is 101 Å². The molecule has 0 fully saturated rings. The van der Waals surface area contributed by atoms with E-state index in [1.54, 1.807) is 0 Å². The van der Waals surface area contributed by atoms with E-state index >= 15 is 0 Å². The zero-order valence-electron chi connectivity index (χ0n) is 7.22. The van der Waals surface area contributed by atoms with Gasteiger partial charge in [-0.25, -0.2) is 0 Å². The molecule has 14 heavy (non-hydrogen) atoms. The quantitative estimate of drug-likeness (QED) is 0.641. The number of hydrogen-bond acceptors (Lipinski definition) is 0. The fourth-order valence-electron chi connectivity index (χ4n) is 0.794. The Balaban J connectivity index is 2.96. The molecule has 0 spiro atoms. The lowest BCUT2D eigenvalue weighted by Crippen LogP contribution is -1.75. The van der Waals surface area contributed by atoms with Gasteiger partial charge in [-0.2, -0.15) is 0 Å². The Morgan fingerprint density at radius 3 is 2.29 bits per heavy atom. The molecule has 1 rings (SSSR count). The van der Waals surface area contributed by atoms with Gasteiger partial charge in [0, 0.05) is 5.56 Å². The molecule has 0 saturated carbocycles. The maximum atomic E-state index is 5.27. The van der Waals surface area contributed by atoms with Gasteiger partial charge < -0.3 is 0 Å². The van der Waals surface area contributed by atoms with Crippen LogP contribution in [0.5, 0.6) is 0 Å². The maximum Gasteiger partial charge on any atom is 0.0957 e. The second-order valence-electron chi connectivity index (χ2n) is 2.40. The van der Waals surface area contributed by atoms with E-state index in [1.165, 1.54) is 0 Å². The predicted molar refractivity (Wildman–Crippen MR) is 67.0 cm³/mol. The van der Waals surface area contributed by atoms with E-state index in [0.717, 1.165) is 5.56 Å². The average molecular weight is 310 g/mol. The molecule has 0 atom stereocenters. The first kappa shape index (κ1) is 11.1. The van der Waals surface area contributed by atoms with Crippen LogP contribution in [-0.4, -0.2) is 0 Å². The van der Waals surface area contributed by atoms with E-state index in [2.05, 4.69) is 49.6 Å². The average Bonchev–Trinajstić information content (AvgIpc) is 2.20. The van der Waals surface area contributed by atoms with Gasteiger partial charge in [0.2, 0.25) is 0 Å². The van der Waals surface area contributed by atoms with Crippen LogP contribution in [0.1, 0.15) is 5.56 Å². The monoisotopic (exact) mass is 308 g/mol. The van der Waals surface area contributed by atoms with Gasteiger partial charge in [0.15, 0.2) is 0 Å². The lowest BCUT2D eigenvalue weighted by Gasteiger charge is -1.88. The second-order valence-corrected chi connectivity index (χ2v) is 5.05. The van der Waals surface area contributed by atoms with Gasteiger partial charge >= 0.3 is 0 Å². The first-order valence-corrected chi connectivity index (χ1v) is 5.41. The first-order chi connectivity index (χ1) is 6.74. The van der Waals surface area contributed by atoms with Crippen LogP contribution < -0.4 is 0 Å². The number of halogens is 2. The summed E-state index contributed by atoms with van der Waals surface area (Å²) in [4.78, 5) is 0. The molecule has 0 heterocycles. The molecule has 1 aromatic carbocycles. The van der Waals surface area contributed by atoms with Crippen molar-refractivity contribution in [3.8, 4) is 24.2 Å². The van der Waals surface area contributed by atoms with E-state index < -0.39 is 0 Å². The maximum absolute atomic E-state index is 5.27. The molecule has 1 aromatic rings. The summed E-state index contributed by atoms with van der Waals surface area (Å²) in [5.41, 5.74) is 1.55. The highest BCUT2D eigenvalue weighted by atomic mass is 79.9. The van der Waals surface area contributed by atoms with Crippen molar-refractivity contribution in [2.24, 2.45) is 0 Å². The van der Waals surface area contributed by atoms with Crippen molar-refractivity contribution in [1.82, 2.24) is 0 Å². The number of allylic oxidation sites excluding steroid dienone is 1. The Bertz CT molecular complexity index is 435. The largest absolute Gasteiger partial charge is 0.114 e. The van der Waals surface area contributed by atoms with Crippen molar-refractivity contribution in [2.75, 3.05) is 0 Å². The molecule has 0 radical (unpaired) electrons. The molecule has 0 N–H and O–H groups in total. The van der Waals surface area contributed by atoms with Gasteiger partial charge in [-0.3, -0.25) is 0 Å². The van der Waals surface area contributed by atoms with Gasteiger partial charge in [-0.15, -0.1) is 6.42 Å². The van der Waals surface area contributed by atoms with Crippen LogP contribution >= 0.6 is 31.9 Å². The molecule has 2 heteroatoms. The Hall–Kier alpha value is -0.960. The molecule has 0 aliphatic rings. The highest BCUT2D eigenvalue weighted by molar-refractivity contribution is 9.28. The molecule has 0 bridgehead atoms. The van der Waals surface area contributed by atoms with Gasteiger partial charge in [-0.1, -0.05) is 36.0 Å². The third-order valence-electron chi connectivity index (χ3n) is 1.44. The molecule has 0 aromatic heterocycles. The number of terminal acetylenes is 1. The van der Waals surface area contributed by atoms with E-state index in [0.29, 0.717) is 8.96 Å². The van der Waals surface area contributed by atoms with Crippen LogP contribution in [-0.2, 0) is 0 Å². The van der Waals surface area contributed by atoms with Crippen molar-refractivity contribution in [3.63, 3.8) is 0 Å². The second kappa shape index (κ2) is 5.70. The summed E-state index contributed by atoms with van der Waals surface area (Å²) < 4.78 is 0.705. The number of rotatable bonds is 0. The lowest BCUT2D eigenvalue weighted by molar-refractivity contribution is 1.65. The van der Waals surface area contributed by atoms with Crippen LogP contribution in [0.15, 0.2) is 39.3 Å². The van der Waals surface area contributed by atoms with Gasteiger partial charge in [0.1, 0.15) is 0 Å². The number of hydrogen-bond donors (Lipinski definition) is 0. The van der Waals surface area contributed by atoms with E-state index in [1.807, 2.05) is 30.3 Å². The minimum absolute atomic E-state index is 0.605. The minimum Gasteiger partial charge on any atom is -0.114 e. The Kier molecular flexibility index (Phi) is 4.53. The van der Waals surface area contributed by atoms with E-state index in [9.17, 15) is 0 Å². The lowest BCUT2D eigenvalue weighted by atomic mass is 10.2. The topological polar surface area (TPSA) is 0 Å². The molecular weight excluding hydrogens is 304 g/mol. The summed E-state index contributed by atoms with van der Waals surface area (Å²) in [6.07, 6.45) is 5.27. The van der Waals surface area contributed by atoms with Crippen molar-refractivity contribution in [1.29, 1.82) is 0 Å². The predicted octanol–water partition coefficient (Wildman–Crippen LogP) is 3.67. The molecule has 0 saturated heterocycles. The molecule has 0 unspecified atom stereocenters. The molecular formula is C12H6Br2. The molecule has 0 amide bonds. The molecule has 68 valence electrons. The molecule has 0 nitrogen and oxygen atoms in total. The van der Waals surface area contributed by atoms with Gasteiger partial charge in [-0.05, 0) is 44.0 Å². The van der Waals surface area contributed by atoms with Crippen LogP contribution in [0.2, 0.25) is 0 Å². The highest BCUT2D eigenvalue weighted by Crippen LogP contribution is 2.17. The van der Waals surface area contributed by atoms with Crippen LogP contribution in [0.25, 0.3) is 0 Å². The zero-order chi connectivity index (χ0) is 10.4. The smallest absolute Gasteiger partial charge is 0.0957 e. The third-order valence-corrected chi connectivity index (χ3v) is 2.23. The molecule has 0 aliphatic heterocycles. The van der Waals surface area contributed by atoms with Crippen molar-refractivity contribution in [2.45, 2.75) is 0 Å². The summed E-state index contributed by atoms with van der Waals surface area (Å²) in [6.45, 7) is 0. The fraction of sp³-hybridized carbons (Fsp3) is 0. The Morgan fingerprint density at radius 2 is 1.79 bits per heavy atom. The Morgan fingerprint density at radius 1 is 1.14 bits per heavy atom.